The molecule has 0 amide bonds. The largest absolute Gasteiger partial charge is 0.455 e. The highest BCUT2D eigenvalue weighted by atomic mass is 16.3. The summed E-state index contributed by atoms with van der Waals surface area (Å²) in [5, 5.41) is 7.85. The number of hydrogen-bond donors (Lipinski definition) is 0. The van der Waals surface area contributed by atoms with Crippen molar-refractivity contribution in [1.29, 1.82) is 0 Å². The van der Waals surface area contributed by atoms with Crippen molar-refractivity contribution in [2.45, 2.75) is 0 Å². The van der Waals surface area contributed by atoms with Crippen LogP contribution in [0.15, 0.2) is 223 Å². The van der Waals surface area contributed by atoms with Gasteiger partial charge in [-0.05, 0) is 111 Å². The second-order valence-electron chi connectivity index (χ2n) is 15.0. The molecule has 0 unspecified atom stereocenters. The van der Waals surface area contributed by atoms with Gasteiger partial charge in [-0.25, -0.2) is 0 Å². The van der Waals surface area contributed by atoms with Crippen LogP contribution in [0.5, 0.6) is 0 Å². The summed E-state index contributed by atoms with van der Waals surface area (Å²) in [4.78, 5) is 1.89. The predicted octanol–water partition coefficient (Wildman–Crippen LogP) is 15.8. The third-order valence-electron chi connectivity index (χ3n) is 11.6. The van der Waals surface area contributed by atoms with Gasteiger partial charge in [0.25, 0.3) is 0 Å². The fraction of sp³-hybridized carbons (Fsp3) is 0. The van der Waals surface area contributed by atoms with Crippen molar-refractivity contribution in [2.24, 2.45) is 0 Å². The highest BCUT2D eigenvalue weighted by Crippen LogP contribution is 2.46. The maximum Gasteiger partial charge on any atom is 0.143 e. The fourth-order valence-electron chi connectivity index (χ4n) is 8.94. The molecule has 12 rings (SSSR count). The lowest BCUT2D eigenvalue weighted by atomic mass is 9.97. The first-order valence-electron chi connectivity index (χ1n) is 21.9. The van der Waals surface area contributed by atoms with Crippen molar-refractivity contribution in [3.63, 3.8) is 0 Å². The number of benzene rings is 10. The molecule has 0 saturated heterocycles. The van der Waals surface area contributed by atoms with Gasteiger partial charge in [-0.1, -0.05) is 146 Å². The Hall–Kier alpha value is -7.88. The molecule has 0 bridgehead atoms. The molecule has 0 N–H and O–H groups in total. The van der Waals surface area contributed by atoms with Gasteiger partial charge in [0, 0.05) is 38.6 Å². The van der Waals surface area contributed by atoms with Gasteiger partial charge in [0.2, 0.25) is 0 Å². The summed E-state index contributed by atoms with van der Waals surface area (Å²) in [6, 6.07) is 64.9. The lowest BCUT2D eigenvalue weighted by Crippen LogP contribution is -2.10. The van der Waals surface area contributed by atoms with Gasteiger partial charge in [-0.3, -0.25) is 0 Å². The van der Waals surface area contributed by atoms with Crippen LogP contribution in [0.25, 0.3) is 93.2 Å². The van der Waals surface area contributed by atoms with E-state index in [1.54, 1.807) is 0 Å². The van der Waals surface area contributed by atoms with Gasteiger partial charge >= 0.3 is 0 Å². The van der Waals surface area contributed by atoms with Crippen LogP contribution in [0.1, 0.15) is 5.48 Å². The van der Waals surface area contributed by atoms with E-state index in [-0.39, 0.29) is 35.4 Å². The van der Waals surface area contributed by atoms with Crippen LogP contribution < -0.4 is 4.90 Å². The monoisotopic (exact) mass is 756 g/mol. The molecule has 2 aromatic heterocycles. The summed E-state index contributed by atoms with van der Waals surface area (Å²) in [5.41, 5.74) is 9.09. The van der Waals surface area contributed by atoms with E-state index in [2.05, 4.69) is 108 Å². The van der Waals surface area contributed by atoms with E-state index in [0.717, 1.165) is 76.5 Å². The molecule has 59 heavy (non-hydrogen) atoms. The second-order valence-corrected chi connectivity index (χ2v) is 15.0. The maximum atomic E-state index is 9.80. The quantitative estimate of drug-likeness (QED) is 0.168. The SMILES string of the molecule is [2H]c1c([2H])c(N(c2cccc(-c3ccc4c(c3)c3ccccc3n4-c3ccccc3)c2)c2cccc3oc4c5ccccc5ccc4c23)c([2H])c([2H])c1-c1cccc2ccccc12. The molecular weight excluding hydrogens is 717 g/mol. The van der Waals surface area contributed by atoms with E-state index in [0.29, 0.717) is 22.5 Å². The number of rotatable bonds is 6. The Balaban J connectivity index is 1.11. The molecule has 0 atom stereocenters. The summed E-state index contributed by atoms with van der Waals surface area (Å²) in [7, 11) is 0. The van der Waals surface area contributed by atoms with Crippen LogP contribution in [0, 0.1) is 0 Å². The van der Waals surface area contributed by atoms with Crippen LogP contribution in [-0.4, -0.2) is 4.57 Å². The van der Waals surface area contributed by atoms with E-state index in [9.17, 15) is 5.48 Å². The molecule has 2 heterocycles. The van der Waals surface area contributed by atoms with Gasteiger partial charge in [0.15, 0.2) is 0 Å². The minimum atomic E-state index is -0.144. The van der Waals surface area contributed by atoms with Crippen molar-refractivity contribution in [2.75, 3.05) is 4.90 Å². The lowest BCUT2D eigenvalue weighted by molar-refractivity contribution is 0.672. The Morgan fingerprint density at radius 1 is 0.424 bits per heavy atom. The minimum Gasteiger partial charge on any atom is -0.455 e. The molecule has 3 heteroatoms. The summed E-state index contributed by atoms with van der Waals surface area (Å²) in [5.74, 6) is 0. The second kappa shape index (κ2) is 13.4. The van der Waals surface area contributed by atoms with Gasteiger partial charge in [-0.15, -0.1) is 0 Å². The first-order chi connectivity index (χ1) is 30.9. The number of aromatic nitrogens is 1. The number of nitrogens with zero attached hydrogens (tertiary/aromatic N) is 2. The Morgan fingerprint density at radius 2 is 1.10 bits per heavy atom. The van der Waals surface area contributed by atoms with Crippen molar-refractivity contribution in [3.05, 3.63) is 218 Å². The summed E-state index contributed by atoms with van der Waals surface area (Å²) in [6.45, 7) is 0. The minimum absolute atomic E-state index is 0.112. The van der Waals surface area contributed by atoms with Gasteiger partial charge in [-0.2, -0.15) is 0 Å². The summed E-state index contributed by atoms with van der Waals surface area (Å²) < 4.78 is 47.8. The highest BCUT2D eigenvalue weighted by molar-refractivity contribution is 6.19. The molecular formula is C56H36N2O. The first-order valence-corrected chi connectivity index (χ1v) is 19.9. The normalized spacial score (nSPS) is 12.7. The maximum absolute atomic E-state index is 9.80. The standard InChI is InChI=1S/C56H36N2O/c1-2-17-42(18-3-1)58-51-24-9-8-22-48(51)50-36-41(30-34-52(50)58)40-16-10-19-44(35-40)57(43-31-27-39(28-32-43)46-23-11-15-37-13-4-6-20-45(37)46)53-25-12-26-54-55(53)49-33-29-38-14-5-7-21-47(38)56(49)59-54/h1-36H/i27D,28D,31D,32D. The van der Waals surface area contributed by atoms with Crippen molar-refractivity contribution in [3.8, 4) is 27.9 Å². The van der Waals surface area contributed by atoms with Crippen molar-refractivity contribution < 1.29 is 9.90 Å². The molecule has 0 saturated carbocycles. The number of furan rings is 1. The van der Waals surface area contributed by atoms with E-state index in [1.807, 2.05) is 95.9 Å². The smallest absolute Gasteiger partial charge is 0.143 e. The molecule has 0 radical (unpaired) electrons. The van der Waals surface area contributed by atoms with E-state index < -0.39 is 0 Å². The molecule has 0 aliphatic rings. The van der Waals surface area contributed by atoms with Crippen molar-refractivity contribution in [1.82, 2.24) is 4.57 Å². The van der Waals surface area contributed by atoms with Crippen LogP contribution in [0.2, 0.25) is 0 Å². The third-order valence-corrected chi connectivity index (χ3v) is 11.6. The lowest BCUT2D eigenvalue weighted by Gasteiger charge is -2.27. The third kappa shape index (κ3) is 5.36. The van der Waals surface area contributed by atoms with Crippen LogP contribution >= 0.6 is 0 Å². The molecule has 0 aliphatic carbocycles. The van der Waals surface area contributed by atoms with Crippen molar-refractivity contribution >= 4 is 82.4 Å². The van der Waals surface area contributed by atoms with Crippen LogP contribution in [-0.2, 0) is 0 Å². The first kappa shape index (κ1) is 29.4. The summed E-state index contributed by atoms with van der Waals surface area (Å²) in [6.07, 6.45) is 0. The highest BCUT2D eigenvalue weighted by Gasteiger charge is 2.21. The zero-order valence-electron chi connectivity index (χ0n) is 35.8. The fourth-order valence-corrected chi connectivity index (χ4v) is 8.94. The molecule has 10 aromatic carbocycles. The summed E-state index contributed by atoms with van der Waals surface area (Å²) >= 11 is 0. The van der Waals surface area contributed by atoms with Gasteiger partial charge < -0.3 is 13.9 Å². The van der Waals surface area contributed by atoms with E-state index in [4.69, 9.17) is 4.42 Å². The van der Waals surface area contributed by atoms with Crippen LogP contribution in [0.3, 0.4) is 0 Å². The average molecular weight is 757 g/mol. The zero-order chi connectivity index (χ0) is 42.3. The van der Waals surface area contributed by atoms with Gasteiger partial charge in [0.1, 0.15) is 11.2 Å². The Kier molecular flexibility index (Phi) is 6.65. The van der Waals surface area contributed by atoms with E-state index in [1.165, 1.54) is 0 Å². The average Bonchev–Trinajstić information content (AvgIpc) is 3.89. The molecule has 12 aromatic rings. The Labute approximate surface area is 346 Å². The molecule has 0 fully saturated rings. The molecule has 0 spiro atoms. The molecule has 0 aliphatic heterocycles. The van der Waals surface area contributed by atoms with Crippen LogP contribution in [0.4, 0.5) is 17.1 Å². The Morgan fingerprint density at radius 3 is 1.97 bits per heavy atom. The number of hydrogen-bond acceptors (Lipinski definition) is 2. The number of fused-ring (bicyclic) bond motifs is 9. The Bertz CT molecular complexity index is 3780. The molecule has 3 nitrogen and oxygen atoms in total. The topological polar surface area (TPSA) is 21.3 Å². The number of anilines is 3. The van der Waals surface area contributed by atoms with Gasteiger partial charge in [0.05, 0.1) is 27.6 Å². The molecule has 276 valence electrons. The van der Waals surface area contributed by atoms with E-state index >= 15 is 0 Å². The zero-order valence-corrected chi connectivity index (χ0v) is 31.8. The number of para-hydroxylation sites is 2. The predicted molar refractivity (Wildman–Crippen MR) is 249 cm³/mol.